The zero-order valence-corrected chi connectivity index (χ0v) is 23.7. The summed E-state index contributed by atoms with van der Waals surface area (Å²) >= 11 is 0. The van der Waals surface area contributed by atoms with Crippen LogP contribution in [0.2, 0.25) is 0 Å². The van der Waals surface area contributed by atoms with Crippen LogP contribution in [0.5, 0.6) is 5.75 Å². The van der Waals surface area contributed by atoms with Crippen molar-refractivity contribution in [2.24, 2.45) is 7.05 Å². The highest BCUT2D eigenvalue weighted by molar-refractivity contribution is 6.00. The predicted molar refractivity (Wildman–Crippen MR) is 158 cm³/mol. The number of furan rings is 1. The van der Waals surface area contributed by atoms with Crippen LogP contribution >= 0.6 is 0 Å². The van der Waals surface area contributed by atoms with Gasteiger partial charge >= 0.3 is 11.9 Å². The van der Waals surface area contributed by atoms with Crippen molar-refractivity contribution >= 4 is 39.8 Å². The first-order valence-electron chi connectivity index (χ1n) is 14.3. The lowest BCUT2D eigenvalue weighted by molar-refractivity contribution is -0.140. The average molecular weight is 585 g/mol. The molecule has 1 atom stereocenters. The van der Waals surface area contributed by atoms with Crippen LogP contribution in [-0.2, 0) is 23.1 Å². The average Bonchev–Trinajstić information content (AvgIpc) is 3.73. The smallest absolute Gasteiger partial charge is 0.341 e. The Morgan fingerprint density at radius 3 is 2.58 bits per heavy atom. The van der Waals surface area contributed by atoms with Gasteiger partial charge in [-0.1, -0.05) is 19.3 Å². The highest BCUT2D eigenvalue weighted by atomic mass is 16.5. The third-order valence-electron chi connectivity index (χ3n) is 8.10. The second-order valence-electron chi connectivity index (χ2n) is 11.0. The van der Waals surface area contributed by atoms with E-state index in [1.54, 1.807) is 49.1 Å². The molecule has 222 valence electrons. The van der Waals surface area contributed by atoms with Gasteiger partial charge in [0, 0.05) is 42.2 Å². The molecule has 1 saturated carbocycles. The molecule has 5 aromatic rings. The molecule has 3 aromatic heterocycles. The lowest BCUT2D eigenvalue weighted by Gasteiger charge is -2.25. The van der Waals surface area contributed by atoms with Crippen LogP contribution in [0.3, 0.4) is 0 Å². The molecule has 43 heavy (non-hydrogen) atoms. The number of carbonyl (C=O) groups is 3. The number of aliphatic carboxylic acids is 2. The number of ether oxygens (including phenoxy) is 1. The highest BCUT2D eigenvalue weighted by Gasteiger charge is 2.26. The van der Waals surface area contributed by atoms with E-state index in [1.807, 2.05) is 23.7 Å². The van der Waals surface area contributed by atoms with Crippen LogP contribution in [0.15, 0.2) is 65.6 Å². The maximum Gasteiger partial charge on any atom is 0.341 e. The van der Waals surface area contributed by atoms with Crippen LogP contribution in [0.1, 0.15) is 54.1 Å². The standard InChI is InChI=1S/C32H32N4O7/c1-35-16-21(24-15-23(8-10-27(24)35)43-18-29(37)38)14-26(32(40)41)34-31(39)19-7-9-28-25(13-19)33-30(20-11-12-42-17-20)36(28)22-5-3-2-4-6-22/h7-13,15-17,22,26H,2-6,14,18H2,1H3,(H,34,39)(H,37,38)(H,40,41)/t26-/m0/s1. The third kappa shape index (κ3) is 5.70. The summed E-state index contributed by atoms with van der Waals surface area (Å²) in [7, 11) is 1.83. The zero-order chi connectivity index (χ0) is 30.1. The second-order valence-corrected chi connectivity index (χ2v) is 11.0. The minimum absolute atomic E-state index is 0.0178. The van der Waals surface area contributed by atoms with Gasteiger partial charge in [0.1, 0.15) is 23.9 Å². The molecule has 11 heteroatoms. The summed E-state index contributed by atoms with van der Waals surface area (Å²) < 4.78 is 14.7. The van der Waals surface area contributed by atoms with Crippen LogP contribution in [0.25, 0.3) is 33.3 Å². The molecule has 0 unspecified atom stereocenters. The minimum atomic E-state index is -1.21. The molecule has 3 heterocycles. The first-order chi connectivity index (χ1) is 20.8. The number of aryl methyl sites for hydroxylation is 1. The van der Waals surface area contributed by atoms with Crippen molar-refractivity contribution in [3.8, 4) is 17.1 Å². The Morgan fingerprint density at radius 2 is 1.86 bits per heavy atom. The fourth-order valence-electron chi connectivity index (χ4n) is 6.06. The van der Waals surface area contributed by atoms with Crippen molar-refractivity contribution in [1.82, 2.24) is 19.4 Å². The number of hydrogen-bond acceptors (Lipinski definition) is 6. The Labute approximate surface area is 246 Å². The number of nitrogens with one attached hydrogen (secondary N) is 1. The van der Waals surface area contributed by atoms with Crippen molar-refractivity contribution in [2.75, 3.05) is 6.61 Å². The fourth-order valence-corrected chi connectivity index (χ4v) is 6.06. The van der Waals surface area contributed by atoms with Gasteiger partial charge in [0.2, 0.25) is 0 Å². The number of hydrogen-bond donors (Lipinski definition) is 3. The quantitative estimate of drug-likeness (QED) is 0.203. The van der Waals surface area contributed by atoms with Gasteiger partial charge < -0.3 is 33.8 Å². The molecule has 1 aliphatic carbocycles. The van der Waals surface area contributed by atoms with Crippen molar-refractivity contribution in [3.05, 3.63) is 72.3 Å². The summed E-state index contributed by atoms with van der Waals surface area (Å²) in [6.07, 6.45) is 10.7. The number of nitrogens with zero attached hydrogens (tertiary/aromatic N) is 3. The van der Waals surface area contributed by atoms with E-state index < -0.39 is 30.5 Å². The van der Waals surface area contributed by atoms with E-state index in [-0.39, 0.29) is 6.42 Å². The Bertz CT molecular complexity index is 1810. The van der Waals surface area contributed by atoms with Crippen LogP contribution in [0, 0.1) is 0 Å². The van der Waals surface area contributed by atoms with Crippen LogP contribution < -0.4 is 10.1 Å². The molecule has 1 aliphatic rings. The lowest BCUT2D eigenvalue weighted by Crippen LogP contribution is -2.42. The fraction of sp³-hybridized carbons (Fsp3) is 0.312. The highest BCUT2D eigenvalue weighted by Crippen LogP contribution is 2.36. The van der Waals surface area contributed by atoms with E-state index in [4.69, 9.17) is 19.2 Å². The molecule has 0 aliphatic heterocycles. The second kappa shape index (κ2) is 11.7. The molecular formula is C32H32N4O7. The Kier molecular flexibility index (Phi) is 7.62. The number of benzene rings is 2. The van der Waals surface area contributed by atoms with Gasteiger partial charge in [-0.3, -0.25) is 4.79 Å². The van der Waals surface area contributed by atoms with Crippen molar-refractivity contribution in [1.29, 1.82) is 0 Å². The van der Waals surface area contributed by atoms with Gasteiger partial charge in [0.25, 0.3) is 5.91 Å². The first-order valence-corrected chi connectivity index (χ1v) is 14.3. The van der Waals surface area contributed by atoms with Crippen LogP contribution in [-0.4, -0.2) is 54.8 Å². The van der Waals surface area contributed by atoms with Gasteiger partial charge in [-0.2, -0.15) is 0 Å². The summed E-state index contributed by atoms with van der Waals surface area (Å²) in [6.45, 7) is -0.492. The number of carbonyl (C=O) groups excluding carboxylic acids is 1. The Hall–Kier alpha value is -5.06. The number of amides is 1. The predicted octanol–water partition coefficient (Wildman–Crippen LogP) is 5.18. The number of rotatable bonds is 10. The van der Waals surface area contributed by atoms with E-state index in [9.17, 15) is 19.5 Å². The number of aromatic nitrogens is 3. The maximum absolute atomic E-state index is 13.4. The summed E-state index contributed by atoms with van der Waals surface area (Å²) in [5.74, 6) is -1.64. The molecule has 0 spiro atoms. The Morgan fingerprint density at radius 1 is 1.07 bits per heavy atom. The molecule has 3 N–H and O–H groups in total. The van der Waals surface area contributed by atoms with E-state index in [0.717, 1.165) is 48.1 Å². The largest absolute Gasteiger partial charge is 0.482 e. The molecule has 11 nitrogen and oxygen atoms in total. The van der Waals surface area contributed by atoms with E-state index in [1.165, 1.54) is 6.42 Å². The lowest BCUT2D eigenvalue weighted by atomic mass is 9.95. The first kappa shape index (κ1) is 28.1. The van der Waals surface area contributed by atoms with Crippen LogP contribution in [0.4, 0.5) is 0 Å². The summed E-state index contributed by atoms with van der Waals surface area (Å²) in [5, 5.41) is 22.4. The number of fused-ring (bicyclic) bond motifs is 2. The van der Waals surface area contributed by atoms with Gasteiger partial charge in [-0.15, -0.1) is 0 Å². The maximum atomic E-state index is 13.4. The molecule has 0 radical (unpaired) electrons. The SMILES string of the molecule is Cn1cc(C[C@H](NC(=O)c2ccc3c(c2)nc(-c2ccoc2)n3C2CCCCC2)C(=O)O)c2cc(OCC(=O)O)ccc21. The van der Waals surface area contributed by atoms with Gasteiger partial charge in [0.15, 0.2) is 6.61 Å². The van der Waals surface area contributed by atoms with Crippen molar-refractivity contribution < 1.29 is 33.8 Å². The normalized spacial score (nSPS) is 14.6. The molecule has 6 rings (SSSR count). The number of imidazole rings is 1. The molecule has 0 saturated heterocycles. The van der Waals surface area contributed by atoms with E-state index in [0.29, 0.717) is 33.8 Å². The Balaban J connectivity index is 1.27. The van der Waals surface area contributed by atoms with Gasteiger partial charge in [-0.25, -0.2) is 14.6 Å². The topological polar surface area (TPSA) is 149 Å². The third-order valence-corrected chi connectivity index (χ3v) is 8.10. The molecule has 1 fully saturated rings. The minimum Gasteiger partial charge on any atom is -0.482 e. The number of carboxylic acid groups (broad SMARTS) is 2. The van der Waals surface area contributed by atoms with Gasteiger partial charge in [0.05, 0.1) is 22.9 Å². The summed E-state index contributed by atoms with van der Waals surface area (Å²) in [5.41, 5.74) is 4.26. The molecule has 2 aromatic carbocycles. The number of carboxylic acids is 2. The molecule has 1 amide bonds. The summed E-state index contributed by atoms with van der Waals surface area (Å²) in [4.78, 5) is 41.5. The zero-order valence-electron chi connectivity index (χ0n) is 23.7. The summed E-state index contributed by atoms with van der Waals surface area (Å²) in [6, 6.07) is 11.4. The van der Waals surface area contributed by atoms with E-state index in [2.05, 4.69) is 9.88 Å². The molecule has 0 bridgehead atoms. The molecular weight excluding hydrogens is 552 g/mol. The van der Waals surface area contributed by atoms with Gasteiger partial charge in [-0.05, 0) is 60.9 Å². The van der Waals surface area contributed by atoms with E-state index >= 15 is 0 Å². The van der Waals surface area contributed by atoms with Crippen molar-refractivity contribution in [3.63, 3.8) is 0 Å². The van der Waals surface area contributed by atoms with Crippen molar-refractivity contribution in [2.45, 2.75) is 50.6 Å². The monoisotopic (exact) mass is 584 g/mol.